The van der Waals surface area contributed by atoms with E-state index in [9.17, 15) is 24.3 Å². The van der Waals surface area contributed by atoms with Crippen molar-refractivity contribution in [2.45, 2.75) is 101 Å². The number of hydrogen-bond acceptors (Lipinski definition) is 7. The predicted octanol–water partition coefficient (Wildman–Crippen LogP) is 2.12. The highest BCUT2D eigenvalue weighted by Gasteiger charge is 2.38. The molecule has 2 aliphatic carbocycles. The number of rotatable bonds is 13. The highest BCUT2D eigenvalue weighted by Crippen LogP contribution is 2.25. The standard InChI is InChI=1S/C31H43N3O7/c1-19(32-30(38)22-10-12-23(35)13-11-22)29(37)34-26(17-21-8-14-24(40-2)15-9-21)31(39)33-25(28(36)27-18-41-27)16-20-6-4-3-5-7-20/h6,8-9,14-15,19,22-23,25-27,35H,3-5,7,10-13,16-18H2,1-2H3,(H,32,38)(H,33,39)(H,34,37)/t19-,22-,23-,25+,26+,27-/m1/s1. The van der Waals surface area contributed by atoms with Gasteiger partial charge in [0.2, 0.25) is 17.7 Å². The smallest absolute Gasteiger partial charge is 0.243 e. The van der Waals surface area contributed by atoms with Crippen LogP contribution in [0.1, 0.15) is 70.3 Å². The molecule has 3 aliphatic rings. The molecule has 1 heterocycles. The third kappa shape index (κ3) is 9.13. The first kappa shape index (κ1) is 30.7. The average Bonchev–Trinajstić information content (AvgIpc) is 3.83. The van der Waals surface area contributed by atoms with Crippen LogP contribution in [0.2, 0.25) is 0 Å². The van der Waals surface area contributed by atoms with E-state index in [2.05, 4.69) is 22.0 Å². The van der Waals surface area contributed by atoms with Crippen LogP contribution >= 0.6 is 0 Å². The van der Waals surface area contributed by atoms with Crippen molar-refractivity contribution in [1.29, 1.82) is 0 Å². The minimum Gasteiger partial charge on any atom is -0.497 e. The molecule has 2 fully saturated rings. The van der Waals surface area contributed by atoms with E-state index < -0.39 is 36.0 Å². The predicted molar refractivity (Wildman–Crippen MR) is 152 cm³/mol. The molecule has 224 valence electrons. The maximum absolute atomic E-state index is 13.7. The number of benzene rings is 1. The number of Topliss-reactive ketones (excluding diaryl/α,β-unsaturated/α-hetero) is 1. The van der Waals surface area contributed by atoms with Crippen molar-refractivity contribution in [3.05, 3.63) is 41.5 Å². The lowest BCUT2D eigenvalue weighted by molar-refractivity contribution is -0.134. The zero-order valence-electron chi connectivity index (χ0n) is 24.0. The Morgan fingerprint density at radius 1 is 0.951 bits per heavy atom. The van der Waals surface area contributed by atoms with E-state index in [1.54, 1.807) is 26.2 Å². The summed E-state index contributed by atoms with van der Waals surface area (Å²) in [6.45, 7) is 1.94. The van der Waals surface area contributed by atoms with E-state index in [0.29, 0.717) is 44.5 Å². The van der Waals surface area contributed by atoms with E-state index in [4.69, 9.17) is 9.47 Å². The fraction of sp³-hybridized carbons (Fsp3) is 0.613. The van der Waals surface area contributed by atoms with Crippen molar-refractivity contribution in [2.75, 3.05) is 13.7 Å². The summed E-state index contributed by atoms with van der Waals surface area (Å²) in [4.78, 5) is 52.7. The second kappa shape index (κ2) is 14.6. The summed E-state index contributed by atoms with van der Waals surface area (Å²) in [7, 11) is 1.57. The van der Waals surface area contributed by atoms with Crippen molar-refractivity contribution in [3.8, 4) is 5.75 Å². The number of hydrogen-bond donors (Lipinski definition) is 4. The Kier molecular flexibility index (Phi) is 10.9. The molecule has 0 spiro atoms. The van der Waals surface area contributed by atoms with Gasteiger partial charge in [0, 0.05) is 12.3 Å². The number of ether oxygens (including phenoxy) is 2. The lowest BCUT2D eigenvalue weighted by Gasteiger charge is -2.27. The van der Waals surface area contributed by atoms with Gasteiger partial charge in [-0.25, -0.2) is 0 Å². The lowest BCUT2D eigenvalue weighted by Crippen LogP contribution is -2.56. The maximum Gasteiger partial charge on any atom is 0.243 e. The van der Waals surface area contributed by atoms with Gasteiger partial charge in [-0.1, -0.05) is 23.8 Å². The number of amides is 3. The summed E-state index contributed by atoms with van der Waals surface area (Å²) >= 11 is 0. The Balaban J connectivity index is 1.44. The molecule has 1 aliphatic heterocycles. The summed E-state index contributed by atoms with van der Waals surface area (Å²) < 4.78 is 10.5. The van der Waals surface area contributed by atoms with Crippen LogP contribution in [0.4, 0.5) is 0 Å². The fourth-order valence-corrected chi connectivity index (χ4v) is 5.52. The molecule has 0 aromatic heterocycles. The van der Waals surface area contributed by atoms with Crippen LogP contribution in [0.3, 0.4) is 0 Å². The Labute approximate surface area is 241 Å². The number of aliphatic hydroxyl groups is 1. The van der Waals surface area contributed by atoms with Crippen LogP contribution in [0.15, 0.2) is 35.9 Å². The quantitative estimate of drug-likeness (QED) is 0.210. The largest absolute Gasteiger partial charge is 0.497 e. The molecular formula is C31H43N3O7. The molecule has 4 rings (SSSR count). The van der Waals surface area contributed by atoms with Gasteiger partial charge in [-0.15, -0.1) is 0 Å². The molecule has 0 unspecified atom stereocenters. The van der Waals surface area contributed by atoms with E-state index in [1.807, 2.05) is 12.1 Å². The monoisotopic (exact) mass is 569 g/mol. The van der Waals surface area contributed by atoms with Gasteiger partial charge in [-0.3, -0.25) is 19.2 Å². The van der Waals surface area contributed by atoms with Gasteiger partial charge >= 0.3 is 0 Å². The van der Waals surface area contributed by atoms with E-state index in [1.165, 1.54) is 0 Å². The maximum atomic E-state index is 13.7. The molecule has 10 nitrogen and oxygen atoms in total. The molecule has 1 saturated heterocycles. The summed E-state index contributed by atoms with van der Waals surface area (Å²) in [5.41, 5.74) is 1.95. The van der Waals surface area contributed by atoms with Gasteiger partial charge in [0.25, 0.3) is 0 Å². The summed E-state index contributed by atoms with van der Waals surface area (Å²) in [5, 5.41) is 18.2. The lowest BCUT2D eigenvalue weighted by atomic mass is 9.87. The van der Waals surface area contributed by atoms with Crippen molar-refractivity contribution >= 4 is 23.5 Å². The minimum atomic E-state index is -0.976. The molecule has 4 atom stereocenters. The summed E-state index contributed by atoms with van der Waals surface area (Å²) in [6.07, 6.45) is 8.18. The van der Waals surface area contributed by atoms with Crippen LogP contribution in [0.25, 0.3) is 0 Å². The molecule has 4 N–H and O–H groups in total. The highest BCUT2D eigenvalue weighted by molar-refractivity contribution is 5.96. The second-order valence-electron chi connectivity index (χ2n) is 11.4. The number of aliphatic hydroxyl groups excluding tert-OH is 1. The molecule has 3 amide bonds. The first-order valence-electron chi connectivity index (χ1n) is 14.8. The van der Waals surface area contributed by atoms with Crippen LogP contribution in [-0.2, 0) is 30.3 Å². The van der Waals surface area contributed by atoms with Crippen LogP contribution in [-0.4, -0.2) is 72.7 Å². The Bertz CT molecular complexity index is 1110. The third-order valence-electron chi connectivity index (χ3n) is 8.21. The van der Waals surface area contributed by atoms with Crippen molar-refractivity contribution in [2.24, 2.45) is 5.92 Å². The number of epoxide rings is 1. The van der Waals surface area contributed by atoms with Crippen molar-refractivity contribution in [1.82, 2.24) is 16.0 Å². The van der Waals surface area contributed by atoms with Gasteiger partial charge in [0.15, 0.2) is 5.78 Å². The second-order valence-corrected chi connectivity index (χ2v) is 11.4. The zero-order valence-corrected chi connectivity index (χ0v) is 24.0. The normalized spacial score (nSPS) is 24.2. The van der Waals surface area contributed by atoms with E-state index in [-0.39, 0.29) is 30.1 Å². The number of methoxy groups -OCH3 is 1. The van der Waals surface area contributed by atoms with Crippen molar-refractivity contribution < 1.29 is 33.8 Å². The Morgan fingerprint density at radius 2 is 1.63 bits per heavy atom. The molecule has 10 heteroatoms. The molecule has 1 aromatic carbocycles. The van der Waals surface area contributed by atoms with Gasteiger partial charge in [0.1, 0.15) is 23.9 Å². The SMILES string of the molecule is COc1ccc(C[C@H](NC(=O)[C@@H](C)NC(=O)[C@H]2CC[C@H](O)CC2)C(=O)N[C@@H](CC2=CCCCC2)C(=O)[C@H]2CO2)cc1. The highest BCUT2D eigenvalue weighted by atomic mass is 16.6. The van der Waals surface area contributed by atoms with Gasteiger partial charge < -0.3 is 30.5 Å². The van der Waals surface area contributed by atoms with Crippen molar-refractivity contribution in [3.63, 3.8) is 0 Å². The molecule has 0 bridgehead atoms. The van der Waals surface area contributed by atoms with Crippen LogP contribution in [0, 0.1) is 5.92 Å². The van der Waals surface area contributed by atoms with Gasteiger partial charge in [-0.2, -0.15) is 0 Å². The molecule has 0 radical (unpaired) electrons. The van der Waals surface area contributed by atoms with E-state index in [0.717, 1.165) is 36.8 Å². The first-order valence-corrected chi connectivity index (χ1v) is 14.8. The van der Waals surface area contributed by atoms with Gasteiger partial charge in [0.05, 0.1) is 25.9 Å². The Morgan fingerprint density at radius 3 is 2.24 bits per heavy atom. The topological polar surface area (TPSA) is 146 Å². The van der Waals surface area contributed by atoms with E-state index >= 15 is 0 Å². The number of allylic oxidation sites excluding steroid dienone is 1. The summed E-state index contributed by atoms with van der Waals surface area (Å²) in [6, 6.07) is 4.61. The molecule has 1 aromatic rings. The minimum absolute atomic E-state index is 0.155. The third-order valence-corrected chi connectivity index (χ3v) is 8.21. The van der Waals surface area contributed by atoms with Crippen LogP contribution < -0.4 is 20.7 Å². The number of carbonyl (C=O) groups excluding carboxylic acids is 4. The molecular weight excluding hydrogens is 526 g/mol. The van der Waals surface area contributed by atoms with Crippen LogP contribution in [0.5, 0.6) is 5.75 Å². The first-order chi connectivity index (χ1) is 19.7. The number of nitrogens with one attached hydrogen (secondary N) is 3. The summed E-state index contributed by atoms with van der Waals surface area (Å²) in [5.74, 6) is -0.932. The zero-order chi connectivity index (χ0) is 29.4. The fourth-order valence-electron chi connectivity index (χ4n) is 5.52. The van der Waals surface area contributed by atoms with Gasteiger partial charge in [-0.05, 0) is 82.4 Å². The number of ketones is 1. The molecule has 1 saturated carbocycles. The number of carbonyl (C=O) groups is 4. The molecule has 41 heavy (non-hydrogen) atoms. The average molecular weight is 570 g/mol. The Hall–Kier alpha value is -3.24.